The molecule has 4 fully saturated rings. The number of fused-ring (bicyclic) bond motifs is 2. The van der Waals surface area contributed by atoms with Gasteiger partial charge in [-0.2, -0.15) is 23.5 Å². The molecule has 528 valence electrons. The molecule has 4 saturated heterocycles. The van der Waals surface area contributed by atoms with E-state index >= 15 is 0 Å². The van der Waals surface area contributed by atoms with Crippen LogP contribution in [0.5, 0.6) is 0 Å². The summed E-state index contributed by atoms with van der Waals surface area (Å²) < 4.78 is 22.0. The van der Waals surface area contributed by atoms with Gasteiger partial charge in [-0.1, -0.05) is 26.7 Å². The lowest BCUT2D eigenvalue weighted by Crippen LogP contribution is -2.45. The minimum Gasteiger partial charge on any atom is -0.480 e. The summed E-state index contributed by atoms with van der Waals surface area (Å²) in [5, 5.41) is 53.0. The fourth-order valence-corrected chi connectivity index (χ4v) is 13.8. The summed E-state index contributed by atoms with van der Waals surface area (Å²) in [5.41, 5.74) is -1.64. The second-order valence-corrected chi connectivity index (χ2v) is 28.5. The molecule has 32 heteroatoms. The van der Waals surface area contributed by atoms with E-state index in [0.29, 0.717) is 38.5 Å². The highest BCUT2D eigenvalue weighted by Crippen LogP contribution is 2.35. The summed E-state index contributed by atoms with van der Waals surface area (Å²) in [6.45, 7) is 13.8. The number of amides is 12. The number of carboxylic acid groups (broad SMARTS) is 2. The first-order valence-corrected chi connectivity index (χ1v) is 34.6. The first-order valence-electron chi connectivity index (χ1n) is 32.5. The van der Waals surface area contributed by atoms with Gasteiger partial charge in [-0.25, -0.2) is 19.2 Å². The summed E-state index contributed by atoms with van der Waals surface area (Å²) in [6.07, 6.45) is 6.28. The lowest BCUT2D eigenvalue weighted by Gasteiger charge is -2.29. The minimum atomic E-state index is -1.37. The second-order valence-electron chi connectivity index (χ2n) is 25.9. The number of carbonyl (C=O) groups excluding carboxylic acids is 10. The molecule has 0 saturated carbocycles. The van der Waals surface area contributed by atoms with Gasteiger partial charge in [0, 0.05) is 97.8 Å². The van der Waals surface area contributed by atoms with Crippen molar-refractivity contribution in [3.63, 3.8) is 0 Å². The SMILES string of the molecule is CC(C)(CCC(=O)NC(C)(C)CCC(=O)NCCOCCOCCNC(=O)CC(NC(=O)CCCCC1SCC2NC(=O)NC21)C(=O)O)CCC(=O)NC(C)(C)CCC(=O)NCCOCCOCCNC(=O)CC(NC(=O)CCCCC1SCC2NC(=O)NC21)C(=O)O. The average molecular weight is 1360 g/mol. The predicted octanol–water partition coefficient (Wildman–Crippen LogP) is 0.825. The molecule has 4 aliphatic heterocycles. The Labute approximate surface area is 553 Å². The molecule has 0 aromatic heterocycles. The lowest BCUT2D eigenvalue weighted by atomic mass is 9.82. The third-order valence-electron chi connectivity index (χ3n) is 16.2. The number of unbranched alkanes of at least 4 members (excludes halogenated alkanes) is 2. The van der Waals surface area contributed by atoms with Crippen LogP contribution in [0, 0.1) is 5.41 Å². The van der Waals surface area contributed by atoms with Crippen LogP contribution in [-0.2, 0) is 66.9 Å². The van der Waals surface area contributed by atoms with E-state index in [1.165, 1.54) is 0 Å². The van der Waals surface area contributed by atoms with Crippen molar-refractivity contribution >= 4 is 94.8 Å². The average Bonchev–Trinajstić information content (AvgIpc) is 1.70. The molecule has 0 radical (unpaired) electrons. The molecule has 0 aliphatic carbocycles. The maximum atomic E-state index is 13.0. The van der Waals surface area contributed by atoms with Gasteiger partial charge in [0.2, 0.25) is 47.3 Å². The van der Waals surface area contributed by atoms with Crippen molar-refractivity contribution in [3.05, 3.63) is 0 Å². The minimum absolute atomic E-state index is 0.0773. The second kappa shape index (κ2) is 41.6. The Morgan fingerprint density at radius 2 is 0.774 bits per heavy atom. The number of aliphatic carboxylic acids is 2. The Kier molecular flexibility index (Phi) is 35.4. The summed E-state index contributed by atoms with van der Waals surface area (Å²) in [4.78, 5) is 147. The molecule has 0 bridgehead atoms. The molecule has 14 N–H and O–H groups in total. The number of hydrogen-bond acceptors (Lipinski definition) is 18. The van der Waals surface area contributed by atoms with Gasteiger partial charge < -0.3 is 93.0 Å². The summed E-state index contributed by atoms with van der Waals surface area (Å²) in [5.74, 6) is -3.67. The van der Waals surface area contributed by atoms with Crippen LogP contribution in [-0.4, -0.2) is 230 Å². The molecule has 30 nitrogen and oxygen atoms in total. The molecule has 4 aliphatic rings. The highest BCUT2D eigenvalue weighted by Gasteiger charge is 2.44. The Bertz CT molecular complexity index is 2320. The van der Waals surface area contributed by atoms with E-state index in [2.05, 4.69) is 63.8 Å². The Balaban J connectivity index is 0.908. The van der Waals surface area contributed by atoms with Crippen molar-refractivity contribution in [1.29, 1.82) is 0 Å². The molecule has 8 atom stereocenters. The van der Waals surface area contributed by atoms with E-state index in [1.54, 1.807) is 23.5 Å². The number of nitrogens with one attached hydrogen (secondary N) is 12. The van der Waals surface area contributed by atoms with Gasteiger partial charge in [-0.15, -0.1) is 0 Å². The zero-order chi connectivity index (χ0) is 68.4. The molecule has 8 unspecified atom stereocenters. The van der Waals surface area contributed by atoms with Crippen LogP contribution in [0.2, 0.25) is 0 Å². The van der Waals surface area contributed by atoms with Crippen molar-refractivity contribution in [2.75, 3.05) is 90.5 Å². The molecule has 0 spiro atoms. The van der Waals surface area contributed by atoms with Gasteiger partial charge >= 0.3 is 24.0 Å². The van der Waals surface area contributed by atoms with Crippen molar-refractivity contribution in [2.24, 2.45) is 5.41 Å². The van der Waals surface area contributed by atoms with Crippen molar-refractivity contribution in [3.8, 4) is 0 Å². The molecule has 4 heterocycles. The quantitative estimate of drug-likeness (QED) is 0.0296. The van der Waals surface area contributed by atoms with Crippen molar-refractivity contribution in [2.45, 2.75) is 215 Å². The van der Waals surface area contributed by atoms with Crippen LogP contribution in [0.4, 0.5) is 9.59 Å². The van der Waals surface area contributed by atoms with Crippen LogP contribution in [0.1, 0.15) is 157 Å². The molecule has 12 amide bonds. The Morgan fingerprint density at radius 1 is 0.441 bits per heavy atom. The highest BCUT2D eigenvalue weighted by atomic mass is 32.2. The monoisotopic (exact) mass is 1360 g/mol. The van der Waals surface area contributed by atoms with Gasteiger partial charge in [0.05, 0.1) is 89.9 Å². The summed E-state index contributed by atoms with van der Waals surface area (Å²) in [6, 6.07) is -2.66. The van der Waals surface area contributed by atoms with E-state index in [4.69, 9.17) is 18.9 Å². The Morgan fingerprint density at radius 3 is 1.12 bits per heavy atom. The third-order valence-corrected chi connectivity index (χ3v) is 19.2. The van der Waals surface area contributed by atoms with Crippen molar-refractivity contribution < 1.29 is 86.7 Å². The van der Waals surface area contributed by atoms with Crippen LogP contribution < -0.4 is 63.8 Å². The van der Waals surface area contributed by atoms with Gasteiger partial charge in [0.1, 0.15) is 12.1 Å². The van der Waals surface area contributed by atoms with E-state index in [-0.39, 0.29) is 193 Å². The fourth-order valence-electron chi connectivity index (χ4n) is 10.8. The van der Waals surface area contributed by atoms with Crippen LogP contribution in [0.3, 0.4) is 0 Å². The van der Waals surface area contributed by atoms with Crippen LogP contribution in [0.15, 0.2) is 0 Å². The summed E-state index contributed by atoms with van der Waals surface area (Å²) >= 11 is 3.57. The number of carbonyl (C=O) groups is 12. The maximum absolute atomic E-state index is 13.0. The standard InChI is InChI=1S/C61H104N12O18S2/c1-59(2,19-15-49(78)72-60(3,4)21-17-45(74)62-23-27-88-31-33-90-29-25-64-51(80)35-39(55(82)83)66-47(76)13-9-7-11-43-53-41(37-92-43)68-57(86)70-53)20-16-50(79)73-61(5,6)22-18-46(75)63-24-28-89-32-34-91-30-26-65-52(81)36-40(56(84)85)67-48(77)14-10-8-12-44-54-42(38-93-44)69-58(87)71-54/h39-44,53-54H,7-38H2,1-6H3,(H,62,74)(H,63,75)(H,64,80)(H,65,81)(H,66,76)(H,67,77)(H,72,78)(H,73,79)(H,82,83)(H,84,85)(H2,68,70,86)(H2,69,71,87). The Hall–Kier alpha value is -6.22. The number of hydrogen-bond donors (Lipinski definition) is 14. The number of ether oxygens (including phenoxy) is 4. The number of thioether (sulfide) groups is 2. The largest absolute Gasteiger partial charge is 0.480 e. The number of rotatable bonds is 50. The van der Waals surface area contributed by atoms with E-state index in [1.807, 2.05) is 41.5 Å². The van der Waals surface area contributed by atoms with Gasteiger partial charge in [-0.05, 0) is 84.5 Å². The molecule has 4 rings (SSSR count). The summed E-state index contributed by atoms with van der Waals surface area (Å²) in [7, 11) is 0. The van der Waals surface area contributed by atoms with Gasteiger partial charge in [-0.3, -0.25) is 38.4 Å². The van der Waals surface area contributed by atoms with Gasteiger partial charge in [0.25, 0.3) is 0 Å². The zero-order valence-electron chi connectivity index (χ0n) is 55.0. The zero-order valence-corrected chi connectivity index (χ0v) is 56.6. The number of urea groups is 2. The van der Waals surface area contributed by atoms with Gasteiger partial charge in [0.15, 0.2) is 0 Å². The molecular formula is C61H104N12O18S2. The van der Waals surface area contributed by atoms with Crippen LogP contribution >= 0.6 is 23.5 Å². The predicted molar refractivity (Wildman–Crippen MR) is 347 cm³/mol. The normalized spacial score (nSPS) is 19.7. The molecule has 0 aromatic rings. The first kappa shape index (κ1) is 79.2. The van der Waals surface area contributed by atoms with E-state index < -0.39 is 71.6 Å². The fraction of sp³-hybridized carbons (Fsp3) is 0.803. The van der Waals surface area contributed by atoms with Crippen molar-refractivity contribution in [1.82, 2.24) is 63.8 Å². The lowest BCUT2D eigenvalue weighted by molar-refractivity contribution is -0.143. The van der Waals surface area contributed by atoms with E-state index in [9.17, 15) is 67.7 Å². The highest BCUT2D eigenvalue weighted by molar-refractivity contribution is 8.00. The molecule has 93 heavy (non-hydrogen) atoms. The van der Waals surface area contributed by atoms with E-state index in [0.717, 1.165) is 37.2 Å². The smallest absolute Gasteiger partial charge is 0.326 e. The number of carboxylic acids is 2. The molecule has 0 aromatic carbocycles. The molecular weight excluding hydrogens is 1250 g/mol. The van der Waals surface area contributed by atoms with Crippen LogP contribution in [0.25, 0.3) is 0 Å². The topological polar surface area (TPSA) is 427 Å². The third kappa shape index (κ3) is 33.6. The first-order chi connectivity index (χ1) is 44.1. The maximum Gasteiger partial charge on any atom is 0.326 e.